The highest BCUT2D eigenvalue weighted by atomic mass is 32.1. The molecule has 3 aromatic rings. The second-order valence-corrected chi connectivity index (χ2v) is 7.30. The summed E-state index contributed by atoms with van der Waals surface area (Å²) < 4.78 is 0. The normalized spacial score (nSPS) is 17.8. The molecule has 25 heavy (non-hydrogen) atoms. The smallest absolute Gasteiger partial charge is 0.225 e. The van der Waals surface area contributed by atoms with E-state index in [1.807, 2.05) is 19.1 Å². The highest BCUT2D eigenvalue weighted by Crippen LogP contribution is 2.30. The van der Waals surface area contributed by atoms with Gasteiger partial charge in [0.1, 0.15) is 10.3 Å². The molecular weight excluding hydrogens is 336 g/mol. The number of aromatic amines is 1. The molecule has 4 heterocycles. The van der Waals surface area contributed by atoms with Gasteiger partial charge >= 0.3 is 0 Å². The standard InChI is InChI=1S/C17H20N6OS/c1-11-13(9-20-22-11)8-19-15(24)12-4-3-7-23(10-12)17-21-14-5-2-6-18-16(14)25-17/h2,5-6,9,12H,3-4,7-8,10H2,1H3,(H,19,24)(H,20,22). The lowest BCUT2D eigenvalue weighted by Crippen LogP contribution is -2.43. The average Bonchev–Trinajstić information content (AvgIpc) is 3.25. The number of nitrogens with one attached hydrogen (secondary N) is 2. The van der Waals surface area contributed by atoms with Crippen molar-refractivity contribution in [3.63, 3.8) is 0 Å². The Hall–Kier alpha value is -2.48. The molecule has 1 amide bonds. The Morgan fingerprint density at radius 2 is 2.44 bits per heavy atom. The fraction of sp³-hybridized carbons (Fsp3) is 0.412. The van der Waals surface area contributed by atoms with Crippen molar-refractivity contribution in [3.8, 4) is 0 Å². The summed E-state index contributed by atoms with van der Waals surface area (Å²) in [6, 6.07) is 3.87. The van der Waals surface area contributed by atoms with E-state index in [2.05, 4.69) is 30.4 Å². The third-order valence-corrected chi connectivity index (χ3v) is 5.65. The van der Waals surface area contributed by atoms with Crippen LogP contribution in [0.3, 0.4) is 0 Å². The summed E-state index contributed by atoms with van der Waals surface area (Å²) in [5, 5.41) is 10.9. The number of piperidine rings is 1. The van der Waals surface area contributed by atoms with Gasteiger partial charge in [0.15, 0.2) is 5.13 Å². The molecule has 7 nitrogen and oxygen atoms in total. The van der Waals surface area contributed by atoms with Crippen LogP contribution < -0.4 is 10.2 Å². The lowest BCUT2D eigenvalue weighted by Gasteiger charge is -2.31. The fourth-order valence-corrected chi connectivity index (χ4v) is 4.08. The van der Waals surface area contributed by atoms with E-state index in [0.717, 1.165) is 46.1 Å². The fourth-order valence-electron chi connectivity index (χ4n) is 3.14. The molecule has 1 unspecified atom stereocenters. The molecule has 0 aliphatic carbocycles. The number of rotatable bonds is 4. The molecule has 1 saturated heterocycles. The number of aryl methyl sites for hydroxylation is 1. The van der Waals surface area contributed by atoms with Gasteiger partial charge in [-0.15, -0.1) is 0 Å². The maximum absolute atomic E-state index is 12.6. The first-order valence-electron chi connectivity index (χ1n) is 8.44. The number of fused-ring (bicyclic) bond motifs is 1. The van der Waals surface area contributed by atoms with E-state index in [1.54, 1.807) is 23.7 Å². The van der Waals surface area contributed by atoms with Crippen molar-refractivity contribution in [2.24, 2.45) is 5.92 Å². The van der Waals surface area contributed by atoms with Crippen LogP contribution in [0.4, 0.5) is 5.13 Å². The maximum atomic E-state index is 12.6. The Morgan fingerprint density at radius 1 is 1.52 bits per heavy atom. The molecule has 4 rings (SSSR count). The van der Waals surface area contributed by atoms with Crippen molar-refractivity contribution in [3.05, 3.63) is 35.8 Å². The zero-order chi connectivity index (χ0) is 17.2. The molecule has 3 aromatic heterocycles. The molecule has 2 N–H and O–H groups in total. The number of pyridine rings is 1. The van der Waals surface area contributed by atoms with Crippen LogP contribution in [0.25, 0.3) is 10.3 Å². The van der Waals surface area contributed by atoms with Crippen molar-refractivity contribution in [2.75, 3.05) is 18.0 Å². The van der Waals surface area contributed by atoms with Gasteiger partial charge in [-0.3, -0.25) is 9.89 Å². The van der Waals surface area contributed by atoms with E-state index in [4.69, 9.17) is 0 Å². The number of hydrogen-bond acceptors (Lipinski definition) is 6. The monoisotopic (exact) mass is 356 g/mol. The topological polar surface area (TPSA) is 86.8 Å². The first-order chi connectivity index (χ1) is 12.2. The number of H-pyrrole nitrogens is 1. The summed E-state index contributed by atoms with van der Waals surface area (Å²) in [4.78, 5) is 24.7. The van der Waals surface area contributed by atoms with Crippen LogP contribution in [0, 0.1) is 12.8 Å². The van der Waals surface area contributed by atoms with Crippen LogP contribution in [0.15, 0.2) is 24.5 Å². The van der Waals surface area contributed by atoms with Gasteiger partial charge < -0.3 is 10.2 Å². The second-order valence-electron chi connectivity index (χ2n) is 6.35. The predicted molar refractivity (Wildman–Crippen MR) is 97.5 cm³/mol. The molecule has 0 aromatic carbocycles. The first kappa shape index (κ1) is 16.0. The van der Waals surface area contributed by atoms with Crippen molar-refractivity contribution >= 4 is 32.7 Å². The van der Waals surface area contributed by atoms with E-state index >= 15 is 0 Å². The van der Waals surface area contributed by atoms with Crippen molar-refractivity contribution in [1.82, 2.24) is 25.5 Å². The molecule has 8 heteroatoms. The minimum absolute atomic E-state index is 0.0130. The Kier molecular flexibility index (Phi) is 4.35. The zero-order valence-electron chi connectivity index (χ0n) is 14.0. The molecular formula is C17H20N6OS. The number of aromatic nitrogens is 4. The van der Waals surface area contributed by atoms with Crippen molar-refractivity contribution < 1.29 is 4.79 Å². The predicted octanol–water partition coefficient (Wildman–Crippen LogP) is 2.26. The molecule has 0 spiro atoms. The summed E-state index contributed by atoms with van der Waals surface area (Å²) in [7, 11) is 0. The van der Waals surface area contributed by atoms with Crippen LogP contribution in [0.5, 0.6) is 0 Å². The van der Waals surface area contributed by atoms with Gasteiger partial charge in [0, 0.05) is 37.1 Å². The molecule has 130 valence electrons. The Balaban J connectivity index is 1.41. The van der Waals surface area contributed by atoms with Gasteiger partial charge in [-0.05, 0) is 31.9 Å². The molecule has 1 fully saturated rings. The van der Waals surface area contributed by atoms with Gasteiger partial charge in [0.25, 0.3) is 0 Å². The quantitative estimate of drug-likeness (QED) is 0.749. The van der Waals surface area contributed by atoms with Gasteiger partial charge in [0.05, 0.1) is 12.1 Å². The highest BCUT2D eigenvalue weighted by molar-refractivity contribution is 7.21. The average molecular weight is 356 g/mol. The summed E-state index contributed by atoms with van der Waals surface area (Å²) in [5.41, 5.74) is 2.94. The number of amides is 1. The molecule has 0 saturated carbocycles. The van der Waals surface area contributed by atoms with Gasteiger partial charge in [-0.25, -0.2) is 9.97 Å². The van der Waals surface area contributed by atoms with Crippen molar-refractivity contribution in [2.45, 2.75) is 26.3 Å². The van der Waals surface area contributed by atoms with Gasteiger partial charge in [-0.1, -0.05) is 11.3 Å². The van der Waals surface area contributed by atoms with E-state index in [9.17, 15) is 4.79 Å². The van der Waals surface area contributed by atoms with Crippen LogP contribution in [0.2, 0.25) is 0 Å². The second kappa shape index (κ2) is 6.79. The third kappa shape index (κ3) is 3.34. The number of anilines is 1. The largest absolute Gasteiger partial charge is 0.352 e. The molecule has 1 aliphatic rings. The minimum atomic E-state index is -0.0130. The Labute approximate surface area is 149 Å². The van der Waals surface area contributed by atoms with E-state index < -0.39 is 0 Å². The maximum Gasteiger partial charge on any atom is 0.225 e. The lowest BCUT2D eigenvalue weighted by molar-refractivity contribution is -0.125. The number of carbonyl (C=O) groups excluding carboxylic acids is 1. The van der Waals surface area contributed by atoms with Crippen LogP contribution in [-0.2, 0) is 11.3 Å². The van der Waals surface area contributed by atoms with E-state index in [0.29, 0.717) is 13.1 Å². The van der Waals surface area contributed by atoms with Crippen molar-refractivity contribution in [1.29, 1.82) is 0 Å². The summed E-state index contributed by atoms with van der Waals surface area (Å²) in [6.45, 7) is 4.11. The molecule has 1 atom stereocenters. The SMILES string of the molecule is Cc1[nH]ncc1CNC(=O)C1CCCN(c2nc3cccnc3s2)C1. The number of thiazole rings is 1. The van der Waals surface area contributed by atoms with Gasteiger partial charge in [-0.2, -0.15) is 5.10 Å². The van der Waals surface area contributed by atoms with E-state index in [-0.39, 0.29) is 11.8 Å². The molecule has 0 radical (unpaired) electrons. The van der Waals surface area contributed by atoms with Crippen LogP contribution in [-0.4, -0.2) is 39.2 Å². The summed E-state index contributed by atoms with van der Waals surface area (Å²) in [6.07, 6.45) is 5.45. The first-order valence-corrected chi connectivity index (χ1v) is 9.25. The Morgan fingerprint density at radius 3 is 3.24 bits per heavy atom. The Bertz CT molecular complexity index is 855. The van der Waals surface area contributed by atoms with Gasteiger partial charge in [0.2, 0.25) is 5.91 Å². The van der Waals surface area contributed by atoms with Crippen LogP contribution >= 0.6 is 11.3 Å². The third-order valence-electron chi connectivity index (χ3n) is 4.61. The summed E-state index contributed by atoms with van der Waals surface area (Å²) in [5.74, 6) is 0.0884. The number of nitrogens with zero attached hydrogens (tertiary/aromatic N) is 4. The number of carbonyl (C=O) groups is 1. The van der Waals surface area contributed by atoms with E-state index in [1.165, 1.54) is 0 Å². The van der Waals surface area contributed by atoms with Crippen LogP contribution in [0.1, 0.15) is 24.1 Å². The minimum Gasteiger partial charge on any atom is -0.352 e. The molecule has 0 bridgehead atoms. The highest BCUT2D eigenvalue weighted by Gasteiger charge is 2.27. The number of hydrogen-bond donors (Lipinski definition) is 2. The zero-order valence-corrected chi connectivity index (χ0v) is 14.8. The lowest BCUT2D eigenvalue weighted by atomic mass is 9.97. The summed E-state index contributed by atoms with van der Waals surface area (Å²) >= 11 is 1.59. The molecule has 1 aliphatic heterocycles.